The Balaban J connectivity index is 2.05. The van der Waals surface area contributed by atoms with Crippen LogP contribution in [0.3, 0.4) is 0 Å². The minimum atomic E-state index is -0.668. The molecule has 0 spiro atoms. The minimum absolute atomic E-state index is 0.0744. The van der Waals surface area contributed by atoms with Crippen LogP contribution in [0.4, 0.5) is 8.78 Å². The first-order valence-electron chi connectivity index (χ1n) is 4.88. The maximum atomic E-state index is 13.1. The van der Waals surface area contributed by atoms with Crippen molar-refractivity contribution in [2.45, 2.75) is 18.9 Å². The van der Waals surface area contributed by atoms with Crippen LogP contribution in [0.15, 0.2) is 18.2 Å². The van der Waals surface area contributed by atoms with Gasteiger partial charge in [-0.2, -0.15) is 0 Å². The maximum Gasteiger partial charge on any atom is 0.179 e. The summed E-state index contributed by atoms with van der Waals surface area (Å²) < 4.78 is 25.9. The van der Waals surface area contributed by atoms with E-state index in [1.807, 2.05) is 0 Å². The molecule has 1 aliphatic carbocycles. The first-order valence-corrected chi connectivity index (χ1v) is 4.88. The van der Waals surface area contributed by atoms with E-state index in [1.165, 1.54) is 0 Å². The molecule has 0 amide bonds. The van der Waals surface area contributed by atoms with Gasteiger partial charge in [0.25, 0.3) is 0 Å². The first kappa shape index (κ1) is 10.2. The summed E-state index contributed by atoms with van der Waals surface area (Å²) in [4.78, 5) is 11.5. The molecule has 0 saturated heterocycles. The van der Waals surface area contributed by atoms with Crippen LogP contribution in [-0.4, -0.2) is 18.4 Å². The Kier molecular flexibility index (Phi) is 2.77. The van der Waals surface area contributed by atoms with Crippen molar-refractivity contribution in [2.24, 2.45) is 0 Å². The van der Waals surface area contributed by atoms with Crippen LogP contribution >= 0.6 is 0 Å². The van der Waals surface area contributed by atoms with Crippen LogP contribution < -0.4 is 5.32 Å². The molecule has 80 valence electrons. The van der Waals surface area contributed by atoms with Crippen LogP contribution in [0.2, 0.25) is 0 Å². The Morgan fingerprint density at radius 1 is 1.40 bits per heavy atom. The molecule has 0 radical (unpaired) electrons. The topological polar surface area (TPSA) is 29.1 Å². The normalized spacial score (nSPS) is 15.3. The molecule has 1 saturated carbocycles. The van der Waals surface area contributed by atoms with Crippen molar-refractivity contribution in [2.75, 3.05) is 6.54 Å². The van der Waals surface area contributed by atoms with E-state index in [4.69, 9.17) is 0 Å². The Labute approximate surface area is 86.3 Å². The SMILES string of the molecule is O=C(CNC1CC1)c1cc(F)ccc1F. The van der Waals surface area contributed by atoms with Crippen molar-refractivity contribution in [3.63, 3.8) is 0 Å². The molecule has 0 unspecified atom stereocenters. The van der Waals surface area contributed by atoms with Crippen molar-refractivity contribution >= 4 is 5.78 Å². The van der Waals surface area contributed by atoms with Gasteiger partial charge in [0.2, 0.25) is 0 Å². The van der Waals surface area contributed by atoms with Gasteiger partial charge in [-0.1, -0.05) is 0 Å². The molecule has 15 heavy (non-hydrogen) atoms. The van der Waals surface area contributed by atoms with Crippen molar-refractivity contribution in [3.05, 3.63) is 35.4 Å². The fraction of sp³-hybridized carbons (Fsp3) is 0.364. The molecular weight excluding hydrogens is 200 g/mol. The average Bonchev–Trinajstić information content (AvgIpc) is 3.02. The standard InChI is InChI=1S/C11H11F2NO/c12-7-1-4-10(13)9(5-7)11(15)6-14-8-2-3-8/h1,4-5,8,14H,2-3,6H2. The Morgan fingerprint density at radius 2 is 2.13 bits per heavy atom. The Morgan fingerprint density at radius 3 is 2.80 bits per heavy atom. The fourth-order valence-corrected chi connectivity index (χ4v) is 1.33. The summed E-state index contributed by atoms with van der Waals surface area (Å²) in [6, 6.07) is 3.29. The third-order valence-electron chi connectivity index (χ3n) is 2.36. The van der Waals surface area contributed by atoms with Crippen molar-refractivity contribution < 1.29 is 13.6 Å². The summed E-state index contributed by atoms with van der Waals surface area (Å²) in [6.45, 7) is 0.0744. The quantitative estimate of drug-likeness (QED) is 0.770. The van der Waals surface area contributed by atoms with Gasteiger partial charge < -0.3 is 5.32 Å². The highest BCUT2D eigenvalue weighted by molar-refractivity contribution is 5.97. The van der Waals surface area contributed by atoms with E-state index in [0.29, 0.717) is 6.04 Å². The molecule has 2 rings (SSSR count). The van der Waals surface area contributed by atoms with Gasteiger partial charge in [0.15, 0.2) is 5.78 Å². The largest absolute Gasteiger partial charge is 0.307 e. The predicted molar refractivity (Wildman–Crippen MR) is 51.7 cm³/mol. The number of hydrogen-bond acceptors (Lipinski definition) is 2. The highest BCUT2D eigenvalue weighted by Gasteiger charge is 2.22. The zero-order chi connectivity index (χ0) is 10.8. The number of carbonyl (C=O) groups is 1. The highest BCUT2D eigenvalue weighted by atomic mass is 19.1. The monoisotopic (exact) mass is 211 g/mol. The van der Waals surface area contributed by atoms with Gasteiger partial charge in [0.1, 0.15) is 11.6 Å². The third-order valence-corrected chi connectivity index (χ3v) is 2.36. The smallest absolute Gasteiger partial charge is 0.179 e. The molecule has 1 aromatic carbocycles. The van der Waals surface area contributed by atoms with E-state index in [2.05, 4.69) is 5.32 Å². The molecule has 0 heterocycles. The van der Waals surface area contributed by atoms with Crippen molar-refractivity contribution in [3.8, 4) is 0 Å². The van der Waals surface area contributed by atoms with Gasteiger partial charge in [0, 0.05) is 6.04 Å². The van der Waals surface area contributed by atoms with Crippen LogP contribution in [0.5, 0.6) is 0 Å². The van der Waals surface area contributed by atoms with E-state index in [-0.39, 0.29) is 12.1 Å². The van der Waals surface area contributed by atoms with E-state index >= 15 is 0 Å². The Bertz CT molecular complexity index is 388. The van der Waals surface area contributed by atoms with E-state index < -0.39 is 17.4 Å². The maximum absolute atomic E-state index is 13.1. The second-order valence-corrected chi connectivity index (χ2v) is 3.70. The zero-order valence-electron chi connectivity index (χ0n) is 8.09. The molecule has 4 heteroatoms. The molecule has 2 nitrogen and oxygen atoms in total. The number of nitrogens with one attached hydrogen (secondary N) is 1. The summed E-state index contributed by atoms with van der Waals surface area (Å²) >= 11 is 0. The van der Waals surface area contributed by atoms with Gasteiger partial charge in [-0.05, 0) is 31.0 Å². The molecule has 1 aliphatic rings. The lowest BCUT2D eigenvalue weighted by Gasteiger charge is -2.03. The van der Waals surface area contributed by atoms with E-state index in [0.717, 1.165) is 31.0 Å². The number of ketones is 1. The predicted octanol–water partition coefficient (Wildman–Crippen LogP) is 1.90. The zero-order valence-corrected chi connectivity index (χ0v) is 8.09. The summed E-state index contributed by atoms with van der Waals surface area (Å²) in [5.41, 5.74) is -0.178. The van der Waals surface area contributed by atoms with Crippen molar-refractivity contribution in [1.29, 1.82) is 0 Å². The second kappa shape index (κ2) is 4.06. The van der Waals surface area contributed by atoms with Crippen LogP contribution in [0, 0.1) is 11.6 Å². The van der Waals surface area contributed by atoms with Gasteiger partial charge in [0.05, 0.1) is 12.1 Å². The lowest BCUT2D eigenvalue weighted by molar-refractivity contribution is 0.0986. The number of rotatable bonds is 4. The molecule has 0 aliphatic heterocycles. The molecule has 0 aromatic heterocycles. The molecule has 1 N–H and O–H groups in total. The molecule has 1 aromatic rings. The summed E-state index contributed by atoms with van der Waals surface area (Å²) in [5.74, 6) is -1.66. The average molecular weight is 211 g/mol. The molecule has 1 fully saturated rings. The minimum Gasteiger partial charge on any atom is -0.307 e. The molecular formula is C11H11F2NO. The number of Topliss-reactive ketones (excluding diaryl/α,β-unsaturated/α-hetero) is 1. The van der Waals surface area contributed by atoms with E-state index in [1.54, 1.807) is 0 Å². The van der Waals surface area contributed by atoms with Crippen molar-refractivity contribution in [1.82, 2.24) is 5.32 Å². The molecule has 0 atom stereocenters. The highest BCUT2D eigenvalue weighted by Crippen LogP contribution is 2.18. The fourth-order valence-electron chi connectivity index (χ4n) is 1.33. The molecule has 0 bridgehead atoms. The van der Waals surface area contributed by atoms with Gasteiger partial charge >= 0.3 is 0 Å². The Hall–Kier alpha value is -1.29. The van der Waals surface area contributed by atoms with Crippen LogP contribution in [0.25, 0.3) is 0 Å². The van der Waals surface area contributed by atoms with Crippen LogP contribution in [-0.2, 0) is 0 Å². The number of hydrogen-bond donors (Lipinski definition) is 1. The lowest BCUT2D eigenvalue weighted by Crippen LogP contribution is -2.25. The van der Waals surface area contributed by atoms with Gasteiger partial charge in [-0.25, -0.2) is 8.78 Å². The van der Waals surface area contributed by atoms with Crippen LogP contribution in [0.1, 0.15) is 23.2 Å². The lowest BCUT2D eigenvalue weighted by atomic mass is 10.1. The number of carbonyl (C=O) groups excluding carboxylic acids is 1. The van der Waals surface area contributed by atoms with E-state index in [9.17, 15) is 13.6 Å². The summed E-state index contributed by atoms with van der Waals surface area (Å²) in [7, 11) is 0. The summed E-state index contributed by atoms with van der Waals surface area (Å²) in [5, 5.41) is 2.96. The third kappa shape index (κ3) is 2.59. The van der Waals surface area contributed by atoms with Gasteiger partial charge in [-0.3, -0.25) is 4.79 Å². The second-order valence-electron chi connectivity index (χ2n) is 3.70. The van der Waals surface area contributed by atoms with Gasteiger partial charge in [-0.15, -0.1) is 0 Å². The first-order chi connectivity index (χ1) is 7.16. The number of benzene rings is 1. The summed E-state index contributed by atoms with van der Waals surface area (Å²) in [6.07, 6.45) is 2.11. The number of halogens is 2.